The summed E-state index contributed by atoms with van der Waals surface area (Å²) in [6.45, 7) is 2.28. The first kappa shape index (κ1) is 18.2. The van der Waals surface area contributed by atoms with Crippen molar-refractivity contribution in [1.82, 2.24) is 4.31 Å². The number of halogens is 1. The van der Waals surface area contributed by atoms with Gasteiger partial charge in [-0.15, -0.1) is 11.3 Å². The minimum atomic E-state index is -3.68. The Morgan fingerprint density at radius 3 is 2.48 bits per heavy atom. The molecular weight excluding hydrogens is 378 g/mol. The van der Waals surface area contributed by atoms with Gasteiger partial charge in [-0.1, -0.05) is 41.4 Å². The van der Waals surface area contributed by atoms with Crippen LogP contribution in [0.25, 0.3) is 10.1 Å². The van der Waals surface area contributed by atoms with E-state index in [0.29, 0.717) is 11.1 Å². The van der Waals surface area contributed by atoms with Crippen LogP contribution in [0.2, 0.25) is 5.02 Å². The number of hydrogen-bond donors (Lipinski definition) is 0. The first-order valence-electron chi connectivity index (χ1n) is 7.61. The maximum Gasteiger partial charge on any atom is 0.254 e. The van der Waals surface area contributed by atoms with Crippen LogP contribution >= 0.6 is 22.9 Å². The monoisotopic (exact) mass is 395 g/mol. The Morgan fingerprint density at radius 2 is 1.84 bits per heavy atom. The van der Waals surface area contributed by atoms with Crippen LogP contribution in [-0.2, 0) is 16.6 Å². The molecule has 0 saturated heterocycles. The second-order valence-electron chi connectivity index (χ2n) is 5.81. The Hall–Kier alpha value is -1.60. The van der Waals surface area contributed by atoms with Crippen molar-refractivity contribution < 1.29 is 13.2 Å². The van der Waals surface area contributed by atoms with Crippen molar-refractivity contribution >= 4 is 43.0 Å². The number of thiophene rings is 1. The molecule has 0 saturated carbocycles. The summed E-state index contributed by atoms with van der Waals surface area (Å²) >= 11 is 7.56. The third-order valence-corrected chi connectivity index (χ3v) is 8.06. The zero-order valence-electron chi connectivity index (χ0n) is 14.1. The SMILES string of the molecule is COc1ccc2sc(S(=O)(=O)N(C)Cc3ccc(C)cc3)c(Cl)c2c1. The summed E-state index contributed by atoms with van der Waals surface area (Å²) in [4.78, 5) is 0. The third kappa shape index (κ3) is 3.53. The standard InChI is InChI=1S/C18H18ClNO3S2/c1-12-4-6-13(7-5-12)11-20(2)25(21,22)18-17(19)15-10-14(23-3)8-9-16(15)24-18/h4-10H,11H2,1-3H3. The molecule has 0 bridgehead atoms. The van der Waals surface area contributed by atoms with Gasteiger partial charge in [-0.2, -0.15) is 4.31 Å². The molecule has 3 aromatic rings. The number of benzene rings is 2. The summed E-state index contributed by atoms with van der Waals surface area (Å²) in [7, 11) is -0.550. The largest absolute Gasteiger partial charge is 0.497 e. The average Bonchev–Trinajstić information content (AvgIpc) is 2.93. The van der Waals surface area contributed by atoms with Crippen LogP contribution in [0.5, 0.6) is 5.75 Å². The van der Waals surface area contributed by atoms with E-state index in [1.54, 1.807) is 26.3 Å². The Labute approximate surface area is 156 Å². The Balaban J connectivity index is 1.97. The molecule has 0 N–H and O–H groups in total. The second-order valence-corrected chi connectivity index (χ2v) is 9.48. The highest BCUT2D eigenvalue weighted by molar-refractivity contribution is 7.91. The van der Waals surface area contributed by atoms with Gasteiger partial charge < -0.3 is 4.74 Å². The van der Waals surface area contributed by atoms with Crippen molar-refractivity contribution in [3.8, 4) is 5.75 Å². The van der Waals surface area contributed by atoms with Gasteiger partial charge in [0, 0.05) is 23.7 Å². The Bertz CT molecular complexity index is 1010. The van der Waals surface area contributed by atoms with E-state index < -0.39 is 10.0 Å². The van der Waals surface area contributed by atoms with Crippen LogP contribution in [0.1, 0.15) is 11.1 Å². The van der Waals surface area contributed by atoms with E-state index >= 15 is 0 Å². The number of fused-ring (bicyclic) bond motifs is 1. The second kappa shape index (κ2) is 6.96. The van der Waals surface area contributed by atoms with Gasteiger partial charge in [0.1, 0.15) is 5.75 Å². The quantitative estimate of drug-likeness (QED) is 0.629. The molecule has 2 aromatic carbocycles. The lowest BCUT2D eigenvalue weighted by atomic mass is 10.1. The number of ether oxygens (including phenoxy) is 1. The van der Waals surface area contributed by atoms with Gasteiger partial charge in [-0.3, -0.25) is 0 Å². The van der Waals surface area contributed by atoms with Gasteiger partial charge in [-0.05, 0) is 30.7 Å². The van der Waals surface area contributed by atoms with E-state index in [1.165, 1.54) is 15.6 Å². The maximum atomic E-state index is 13.0. The lowest BCUT2D eigenvalue weighted by molar-refractivity contribution is 0.415. The third-order valence-electron chi connectivity index (χ3n) is 3.98. The first-order valence-corrected chi connectivity index (χ1v) is 10.2. The summed E-state index contributed by atoms with van der Waals surface area (Å²) in [5, 5.41) is 0.933. The molecule has 0 aliphatic carbocycles. The molecule has 7 heteroatoms. The van der Waals surface area contributed by atoms with Gasteiger partial charge in [0.2, 0.25) is 0 Å². The van der Waals surface area contributed by atoms with Gasteiger partial charge in [0.15, 0.2) is 4.21 Å². The minimum Gasteiger partial charge on any atom is -0.497 e. The highest BCUT2D eigenvalue weighted by Crippen LogP contribution is 2.41. The molecule has 0 radical (unpaired) electrons. The maximum absolute atomic E-state index is 13.0. The first-order chi connectivity index (χ1) is 11.8. The highest BCUT2D eigenvalue weighted by atomic mass is 35.5. The average molecular weight is 396 g/mol. The fourth-order valence-corrected chi connectivity index (χ4v) is 5.93. The van der Waals surface area contributed by atoms with Crippen LogP contribution in [0, 0.1) is 6.92 Å². The molecule has 0 atom stereocenters. The summed E-state index contributed by atoms with van der Waals surface area (Å²) in [5.41, 5.74) is 2.06. The zero-order valence-corrected chi connectivity index (χ0v) is 16.5. The summed E-state index contributed by atoms with van der Waals surface area (Å²) in [6, 6.07) is 13.2. The summed E-state index contributed by atoms with van der Waals surface area (Å²) in [6.07, 6.45) is 0. The van der Waals surface area contributed by atoms with E-state index in [4.69, 9.17) is 16.3 Å². The van der Waals surface area contributed by atoms with Crippen molar-refractivity contribution in [2.75, 3.05) is 14.2 Å². The van der Waals surface area contributed by atoms with Gasteiger partial charge in [0.05, 0.1) is 12.1 Å². The summed E-state index contributed by atoms with van der Waals surface area (Å²) in [5.74, 6) is 0.643. The molecule has 3 rings (SSSR count). The molecule has 4 nitrogen and oxygen atoms in total. The molecule has 25 heavy (non-hydrogen) atoms. The van der Waals surface area contributed by atoms with Crippen molar-refractivity contribution in [1.29, 1.82) is 0 Å². The lowest BCUT2D eigenvalue weighted by Gasteiger charge is -2.16. The minimum absolute atomic E-state index is 0.159. The van der Waals surface area contributed by atoms with E-state index in [0.717, 1.165) is 15.8 Å². The molecule has 0 aliphatic rings. The molecule has 0 aliphatic heterocycles. The van der Waals surface area contributed by atoms with Crippen LogP contribution < -0.4 is 4.74 Å². The van der Waals surface area contributed by atoms with Crippen LogP contribution in [0.15, 0.2) is 46.7 Å². The fraction of sp³-hybridized carbons (Fsp3) is 0.222. The summed E-state index contributed by atoms with van der Waals surface area (Å²) < 4.78 is 33.4. The lowest BCUT2D eigenvalue weighted by Crippen LogP contribution is -2.26. The number of aryl methyl sites for hydroxylation is 1. The number of rotatable bonds is 5. The van der Waals surface area contributed by atoms with Crippen molar-refractivity contribution in [2.24, 2.45) is 0 Å². The van der Waals surface area contributed by atoms with E-state index in [1.807, 2.05) is 37.3 Å². The van der Waals surface area contributed by atoms with Crippen molar-refractivity contribution in [3.05, 3.63) is 58.6 Å². The fourth-order valence-electron chi connectivity index (χ4n) is 2.49. The van der Waals surface area contributed by atoms with Gasteiger partial charge in [0.25, 0.3) is 10.0 Å². The molecule has 0 amide bonds. The van der Waals surface area contributed by atoms with Crippen LogP contribution in [0.4, 0.5) is 0 Å². The zero-order chi connectivity index (χ0) is 18.2. The Morgan fingerprint density at radius 1 is 1.16 bits per heavy atom. The van der Waals surface area contributed by atoms with Crippen LogP contribution in [-0.4, -0.2) is 26.9 Å². The van der Waals surface area contributed by atoms with E-state index in [-0.39, 0.29) is 15.8 Å². The number of hydrogen-bond acceptors (Lipinski definition) is 4. The predicted octanol–water partition coefficient (Wildman–Crippen LogP) is 4.69. The Kier molecular flexibility index (Phi) is 5.06. The van der Waals surface area contributed by atoms with Gasteiger partial charge in [-0.25, -0.2) is 8.42 Å². The smallest absolute Gasteiger partial charge is 0.254 e. The van der Waals surface area contributed by atoms with Crippen LogP contribution in [0.3, 0.4) is 0 Å². The van der Waals surface area contributed by atoms with E-state index in [2.05, 4.69) is 0 Å². The molecular formula is C18H18ClNO3S2. The molecule has 1 aromatic heterocycles. The molecule has 132 valence electrons. The normalized spacial score (nSPS) is 12.0. The van der Waals surface area contributed by atoms with Gasteiger partial charge >= 0.3 is 0 Å². The van der Waals surface area contributed by atoms with E-state index in [9.17, 15) is 8.42 Å². The van der Waals surface area contributed by atoms with Crippen molar-refractivity contribution in [2.45, 2.75) is 17.7 Å². The number of nitrogens with zero attached hydrogens (tertiary/aromatic N) is 1. The topological polar surface area (TPSA) is 46.6 Å². The molecule has 1 heterocycles. The van der Waals surface area contributed by atoms with Crippen molar-refractivity contribution in [3.63, 3.8) is 0 Å². The molecule has 0 fully saturated rings. The highest BCUT2D eigenvalue weighted by Gasteiger charge is 2.27. The number of methoxy groups -OCH3 is 1. The predicted molar refractivity (Wildman–Crippen MR) is 103 cm³/mol. The molecule has 0 spiro atoms. The number of sulfonamides is 1. The molecule has 0 unspecified atom stereocenters.